The molecule has 6 heteroatoms. The number of nitrogens with zero attached hydrogens (tertiary/aromatic N) is 3. The van der Waals surface area contributed by atoms with E-state index in [9.17, 15) is 4.79 Å². The minimum atomic E-state index is -0.151. The molecule has 1 fully saturated rings. The Morgan fingerprint density at radius 3 is 2.75 bits per heavy atom. The Balaban J connectivity index is 1.42. The number of aromatic nitrogens is 2. The van der Waals surface area contributed by atoms with Gasteiger partial charge < -0.3 is 5.32 Å². The van der Waals surface area contributed by atoms with E-state index >= 15 is 0 Å². The molecule has 0 saturated carbocycles. The van der Waals surface area contributed by atoms with Crippen LogP contribution in [0.15, 0.2) is 42.9 Å². The van der Waals surface area contributed by atoms with Crippen LogP contribution in [0, 0.1) is 5.92 Å². The predicted octanol–water partition coefficient (Wildman–Crippen LogP) is 2.77. The molecule has 1 aliphatic rings. The number of halogens is 1. The first-order chi connectivity index (χ1) is 11.7. The lowest BCUT2D eigenvalue weighted by molar-refractivity contribution is 0.0930. The maximum atomic E-state index is 12.0. The average molecular weight is 345 g/mol. The first-order valence-electron chi connectivity index (χ1n) is 8.22. The highest BCUT2D eigenvalue weighted by molar-refractivity contribution is 6.31. The summed E-state index contributed by atoms with van der Waals surface area (Å²) in [6, 6.07) is 8.00. The van der Waals surface area contributed by atoms with E-state index in [2.05, 4.69) is 26.3 Å². The Bertz CT molecular complexity index is 672. The lowest BCUT2D eigenvalue weighted by atomic mass is 9.96. The summed E-state index contributed by atoms with van der Waals surface area (Å²) in [5, 5.41) is 3.79. The van der Waals surface area contributed by atoms with Crippen LogP contribution in [0.2, 0.25) is 5.02 Å². The van der Waals surface area contributed by atoms with Crippen LogP contribution < -0.4 is 5.32 Å². The second-order valence-electron chi connectivity index (χ2n) is 6.11. The van der Waals surface area contributed by atoms with E-state index in [1.807, 2.05) is 18.2 Å². The molecule has 0 bridgehead atoms. The van der Waals surface area contributed by atoms with Crippen molar-refractivity contribution in [3.63, 3.8) is 0 Å². The van der Waals surface area contributed by atoms with Gasteiger partial charge in [0, 0.05) is 30.5 Å². The van der Waals surface area contributed by atoms with E-state index in [0.717, 1.165) is 37.5 Å². The molecule has 0 spiro atoms. The lowest BCUT2D eigenvalue weighted by Gasteiger charge is -2.32. The standard InChI is InChI=1S/C18H21ClN4O/c19-16-4-2-1-3-15(16)13-23-9-5-14(6-10-23)11-22-18(24)17-12-20-7-8-21-17/h1-4,7-8,12,14H,5-6,9-11,13H2,(H,22,24). The molecule has 1 amide bonds. The smallest absolute Gasteiger partial charge is 0.271 e. The predicted molar refractivity (Wildman–Crippen MR) is 93.8 cm³/mol. The molecule has 2 heterocycles. The number of nitrogens with one attached hydrogen (secondary N) is 1. The molecule has 1 aromatic heterocycles. The number of benzene rings is 1. The highest BCUT2D eigenvalue weighted by Crippen LogP contribution is 2.21. The van der Waals surface area contributed by atoms with Gasteiger partial charge in [-0.3, -0.25) is 14.7 Å². The first kappa shape index (κ1) is 16.9. The zero-order valence-electron chi connectivity index (χ0n) is 13.5. The summed E-state index contributed by atoms with van der Waals surface area (Å²) < 4.78 is 0. The highest BCUT2D eigenvalue weighted by atomic mass is 35.5. The topological polar surface area (TPSA) is 58.1 Å². The molecule has 1 N–H and O–H groups in total. The monoisotopic (exact) mass is 344 g/mol. The number of rotatable bonds is 5. The molecular formula is C18H21ClN4O. The second-order valence-corrected chi connectivity index (χ2v) is 6.52. The third-order valence-electron chi connectivity index (χ3n) is 4.41. The second kappa shape index (κ2) is 8.22. The van der Waals surface area contributed by atoms with Gasteiger partial charge in [-0.15, -0.1) is 0 Å². The molecule has 126 valence electrons. The number of carbonyl (C=O) groups is 1. The summed E-state index contributed by atoms with van der Waals surface area (Å²) in [6.07, 6.45) is 6.73. The summed E-state index contributed by atoms with van der Waals surface area (Å²) in [5.41, 5.74) is 1.54. The third kappa shape index (κ3) is 4.52. The fourth-order valence-corrected chi connectivity index (χ4v) is 3.16. The summed E-state index contributed by atoms with van der Waals surface area (Å²) in [7, 11) is 0. The van der Waals surface area contributed by atoms with E-state index in [4.69, 9.17) is 11.6 Å². The number of hydrogen-bond donors (Lipinski definition) is 1. The van der Waals surface area contributed by atoms with Crippen molar-refractivity contribution < 1.29 is 4.79 Å². The Morgan fingerprint density at radius 1 is 1.25 bits per heavy atom. The van der Waals surface area contributed by atoms with Gasteiger partial charge in [0.1, 0.15) is 5.69 Å². The van der Waals surface area contributed by atoms with Gasteiger partial charge in [-0.25, -0.2) is 4.98 Å². The highest BCUT2D eigenvalue weighted by Gasteiger charge is 2.20. The van der Waals surface area contributed by atoms with Crippen LogP contribution in [0.25, 0.3) is 0 Å². The van der Waals surface area contributed by atoms with Gasteiger partial charge >= 0.3 is 0 Å². The van der Waals surface area contributed by atoms with Crippen molar-refractivity contribution in [2.45, 2.75) is 19.4 Å². The average Bonchev–Trinajstić information content (AvgIpc) is 2.63. The first-order valence-corrected chi connectivity index (χ1v) is 8.60. The van der Waals surface area contributed by atoms with Crippen molar-refractivity contribution >= 4 is 17.5 Å². The summed E-state index contributed by atoms with van der Waals surface area (Å²) in [5.74, 6) is 0.356. The van der Waals surface area contributed by atoms with Gasteiger partial charge in [-0.2, -0.15) is 0 Å². The largest absolute Gasteiger partial charge is 0.350 e. The molecule has 5 nitrogen and oxygen atoms in total. The molecular weight excluding hydrogens is 324 g/mol. The number of hydrogen-bond acceptors (Lipinski definition) is 4. The van der Waals surface area contributed by atoms with Crippen LogP contribution in [0.3, 0.4) is 0 Å². The third-order valence-corrected chi connectivity index (χ3v) is 4.77. The Hall–Kier alpha value is -1.98. The summed E-state index contributed by atoms with van der Waals surface area (Å²) in [4.78, 5) is 22.3. The fraction of sp³-hybridized carbons (Fsp3) is 0.389. The van der Waals surface area contributed by atoms with Crippen LogP contribution in [0.1, 0.15) is 28.9 Å². The van der Waals surface area contributed by atoms with E-state index in [0.29, 0.717) is 18.2 Å². The van der Waals surface area contributed by atoms with Crippen LogP contribution in [0.4, 0.5) is 0 Å². The van der Waals surface area contributed by atoms with Gasteiger partial charge in [0.05, 0.1) is 6.20 Å². The number of piperidine rings is 1. The Kier molecular flexibility index (Phi) is 5.77. The van der Waals surface area contributed by atoms with Crippen molar-refractivity contribution in [3.05, 3.63) is 59.1 Å². The fourth-order valence-electron chi connectivity index (χ4n) is 2.96. The number of carbonyl (C=O) groups excluding carboxylic acids is 1. The molecule has 3 rings (SSSR count). The van der Waals surface area contributed by atoms with Crippen molar-refractivity contribution in [1.82, 2.24) is 20.2 Å². The molecule has 1 saturated heterocycles. The van der Waals surface area contributed by atoms with Crippen LogP contribution >= 0.6 is 11.6 Å². The molecule has 0 aliphatic carbocycles. The van der Waals surface area contributed by atoms with Gasteiger partial charge in [-0.05, 0) is 43.5 Å². The quantitative estimate of drug-likeness (QED) is 0.906. The summed E-state index contributed by atoms with van der Waals surface area (Å²) in [6.45, 7) is 3.63. The maximum absolute atomic E-state index is 12.0. The van der Waals surface area contributed by atoms with Gasteiger partial charge in [0.2, 0.25) is 0 Å². The van der Waals surface area contributed by atoms with E-state index < -0.39 is 0 Å². The van der Waals surface area contributed by atoms with Crippen molar-refractivity contribution in [2.75, 3.05) is 19.6 Å². The van der Waals surface area contributed by atoms with Gasteiger partial charge in [-0.1, -0.05) is 29.8 Å². The zero-order valence-corrected chi connectivity index (χ0v) is 14.2. The molecule has 2 aromatic rings. The Labute approximate surface area is 147 Å². The molecule has 1 aromatic carbocycles. The van der Waals surface area contributed by atoms with Crippen molar-refractivity contribution in [1.29, 1.82) is 0 Å². The zero-order chi connectivity index (χ0) is 16.8. The number of likely N-dealkylation sites (tertiary alicyclic amines) is 1. The summed E-state index contributed by atoms with van der Waals surface area (Å²) >= 11 is 6.23. The number of amides is 1. The minimum absolute atomic E-state index is 0.151. The normalized spacial score (nSPS) is 16.0. The Morgan fingerprint density at radius 2 is 2.04 bits per heavy atom. The van der Waals surface area contributed by atoms with Crippen molar-refractivity contribution in [3.8, 4) is 0 Å². The minimum Gasteiger partial charge on any atom is -0.350 e. The van der Waals surface area contributed by atoms with Gasteiger partial charge in [0.15, 0.2) is 0 Å². The lowest BCUT2D eigenvalue weighted by Crippen LogP contribution is -2.38. The molecule has 0 atom stereocenters. The van der Waals surface area contributed by atoms with Crippen molar-refractivity contribution in [2.24, 2.45) is 5.92 Å². The SMILES string of the molecule is O=C(NCC1CCN(Cc2ccccc2Cl)CC1)c1cnccn1. The maximum Gasteiger partial charge on any atom is 0.271 e. The molecule has 0 unspecified atom stereocenters. The molecule has 24 heavy (non-hydrogen) atoms. The molecule has 0 radical (unpaired) electrons. The van der Waals surface area contributed by atoms with Crippen LogP contribution in [-0.4, -0.2) is 40.4 Å². The molecule has 1 aliphatic heterocycles. The van der Waals surface area contributed by atoms with Crippen LogP contribution in [-0.2, 0) is 6.54 Å². The van der Waals surface area contributed by atoms with E-state index in [-0.39, 0.29) is 5.91 Å². The van der Waals surface area contributed by atoms with E-state index in [1.54, 1.807) is 6.20 Å². The van der Waals surface area contributed by atoms with Crippen LogP contribution in [0.5, 0.6) is 0 Å². The van der Waals surface area contributed by atoms with Gasteiger partial charge in [0.25, 0.3) is 5.91 Å². The van der Waals surface area contributed by atoms with E-state index in [1.165, 1.54) is 18.0 Å².